The molecule has 1 aromatic rings. The Labute approximate surface area is 84.7 Å². The number of rotatable bonds is 1. The quantitative estimate of drug-likeness (QED) is 0.710. The van der Waals surface area contributed by atoms with Crippen molar-refractivity contribution in [1.29, 1.82) is 0 Å². The lowest BCUT2D eigenvalue weighted by Gasteiger charge is -2.16. The molecule has 0 spiro atoms. The molecule has 2 nitrogen and oxygen atoms in total. The van der Waals surface area contributed by atoms with Gasteiger partial charge in [0, 0.05) is 6.42 Å². The monoisotopic (exact) mass is 191 g/mol. The van der Waals surface area contributed by atoms with Crippen molar-refractivity contribution >= 4 is 0 Å². The summed E-state index contributed by atoms with van der Waals surface area (Å²) in [6.45, 7) is 4.32. The average Bonchev–Trinajstić information content (AvgIpc) is 2.43. The third kappa shape index (κ3) is 1.35. The minimum atomic E-state index is -0.398. The van der Waals surface area contributed by atoms with Gasteiger partial charge in [0.15, 0.2) is 0 Å². The Morgan fingerprint density at radius 3 is 2.79 bits per heavy atom. The Morgan fingerprint density at radius 1 is 1.43 bits per heavy atom. The molecule has 14 heavy (non-hydrogen) atoms. The molecule has 2 heteroatoms. The molecule has 0 radical (unpaired) electrons. The third-order valence-corrected chi connectivity index (χ3v) is 3.03. The van der Waals surface area contributed by atoms with Gasteiger partial charge in [-0.3, -0.25) is 0 Å². The van der Waals surface area contributed by atoms with Crippen LogP contribution in [0.5, 0.6) is 0 Å². The van der Waals surface area contributed by atoms with E-state index in [-0.39, 0.29) is 6.04 Å². The summed E-state index contributed by atoms with van der Waals surface area (Å²) in [6.07, 6.45) is 0.307. The van der Waals surface area contributed by atoms with Crippen molar-refractivity contribution in [2.45, 2.75) is 38.3 Å². The molecule has 1 aromatic carbocycles. The number of aliphatic hydroxyl groups is 1. The highest BCUT2D eigenvalue weighted by molar-refractivity contribution is 5.43. The van der Waals surface area contributed by atoms with Crippen LogP contribution in [0, 0.1) is 0 Å². The minimum Gasteiger partial charge on any atom is -0.391 e. The molecule has 0 aromatic heterocycles. The molecule has 1 aliphatic carbocycles. The van der Waals surface area contributed by atoms with Crippen molar-refractivity contribution in [3.63, 3.8) is 0 Å². The number of nitrogens with two attached hydrogens (primary N) is 1. The Balaban J connectivity index is 2.52. The molecule has 0 unspecified atom stereocenters. The van der Waals surface area contributed by atoms with Crippen LogP contribution in [0.1, 0.15) is 42.5 Å². The molecule has 0 bridgehead atoms. The summed E-state index contributed by atoms with van der Waals surface area (Å²) >= 11 is 0. The zero-order chi connectivity index (χ0) is 10.3. The fourth-order valence-corrected chi connectivity index (χ4v) is 2.27. The first-order valence-electron chi connectivity index (χ1n) is 5.16. The maximum atomic E-state index is 9.70. The number of fused-ring (bicyclic) bond motifs is 1. The van der Waals surface area contributed by atoms with Gasteiger partial charge in [0.25, 0.3) is 0 Å². The number of hydrogen-bond acceptors (Lipinski definition) is 2. The standard InChI is InChI=1S/C12H17NO/c1-7(2)9-5-3-4-8-6-10(14)12(13)11(8)9/h3-5,7,10,12,14H,6,13H2,1-2H3/t10-,12-/m0/s1. The van der Waals surface area contributed by atoms with Gasteiger partial charge in [0.2, 0.25) is 0 Å². The van der Waals surface area contributed by atoms with Crippen LogP contribution >= 0.6 is 0 Å². The first-order chi connectivity index (χ1) is 6.61. The largest absolute Gasteiger partial charge is 0.391 e. The van der Waals surface area contributed by atoms with Crippen LogP contribution in [0.2, 0.25) is 0 Å². The molecule has 0 fully saturated rings. The zero-order valence-electron chi connectivity index (χ0n) is 8.70. The van der Waals surface area contributed by atoms with E-state index in [0.29, 0.717) is 12.3 Å². The third-order valence-electron chi connectivity index (χ3n) is 3.03. The summed E-state index contributed by atoms with van der Waals surface area (Å²) in [5.41, 5.74) is 9.66. The van der Waals surface area contributed by atoms with Crippen molar-refractivity contribution in [2.75, 3.05) is 0 Å². The molecule has 2 rings (SSSR count). The van der Waals surface area contributed by atoms with Crippen LogP contribution in [0.3, 0.4) is 0 Å². The van der Waals surface area contributed by atoms with E-state index < -0.39 is 6.10 Å². The van der Waals surface area contributed by atoms with Crippen molar-refractivity contribution in [3.8, 4) is 0 Å². The van der Waals surface area contributed by atoms with Crippen LogP contribution in [0.4, 0.5) is 0 Å². The molecular weight excluding hydrogens is 174 g/mol. The maximum absolute atomic E-state index is 9.70. The maximum Gasteiger partial charge on any atom is 0.0773 e. The van der Waals surface area contributed by atoms with E-state index >= 15 is 0 Å². The molecule has 2 atom stereocenters. The van der Waals surface area contributed by atoms with Crippen LogP contribution in [0.25, 0.3) is 0 Å². The molecule has 0 saturated heterocycles. The van der Waals surface area contributed by atoms with Gasteiger partial charge in [0.1, 0.15) is 0 Å². The van der Waals surface area contributed by atoms with E-state index in [1.807, 2.05) is 0 Å². The zero-order valence-corrected chi connectivity index (χ0v) is 8.70. The number of aliphatic hydroxyl groups excluding tert-OH is 1. The molecular formula is C12H17NO. The number of hydrogen-bond donors (Lipinski definition) is 2. The molecule has 0 saturated carbocycles. The smallest absolute Gasteiger partial charge is 0.0773 e. The highest BCUT2D eigenvalue weighted by Gasteiger charge is 2.30. The summed E-state index contributed by atoms with van der Waals surface area (Å²) in [7, 11) is 0. The normalized spacial score (nSPS) is 25.5. The highest BCUT2D eigenvalue weighted by Crippen LogP contribution is 2.35. The lowest BCUT2D eigenvalue weighted by Crippen LogP contribution is -2.22. The van der Waals surface area contributed by atoms with Gasteiger partial charge in [-0.2, -0.15) is 0 Å². The second-order valence-electron chi connectivity index (χ2n) is 4.37. The SMILES string of the molecule is CC(C)c1cccc2c1[C@@H](N)[C@@H](O)C2. The lowest BCUT2D eigenvalue weighted by atomic mass is 9.93. The Kier molecular flexibility index (Phi) is 2.33. The van der Waals surface area contributed by atoms with Crippen LogP contribution in [-0.4, -0.2) is 11.2 Å². The first kappa shape index (κ1) is 9.69. The predicted octanol–water partition coefficient (Wildman–Crippen LogP) is 1.73. The van der Waals surface area contributed by atoms with E-state index in [0.717, 1.165) is 0 Å². The first-order valence-corrected chi connectivity index (χ1v) is 5.16. The molecule has 0 heterocycles. The Morgan fingerprint density at radius 2 is 2.14 bits per heavy atom. The highest BCUT2D eigenvalue weighted by atomic mass is 16.3. The summed E-state index contributed by atoms with van der Waals surface area (Å²) in [5.74, 6) is 0.473. The van der Waals surface area contributed by atoms with Crippen molar-refractivity contribution < 1.29 is 5.11 Å². The van der Waals surface area contributed by atoms with E-state index in [9.17, 15) is 5.11 Å². The van der Waals surface area contributed by atoms with Crippen molar-refractivity contribution in [1.82, 2.24) is 0 Å². The summed E-state index contributed by atoms with van der Waals surface area (Å²) in [6, 6.07) is 6.04. The van der Waals surface area contributed by atoms with Crippen LogP contribution in [-0.2, 0) is 6.42 Å². The van der Waals surface area contributed by atoms with Crippen molar-refractivity contribution in [2.24, 2.45) is 5.73 Å². The minimum absolute atomic E-state index is 0.191. The topological polar surface area (TPSA) is 46.2 Å². The second-order valence-corrected chi connectivity index (χ2v) is 4.37. The summed E-state index contributed by atoms with van der Waals surface area (Å²) in [5, 5.41) is 9.70. The van der Waals surface area contributed by atoms with Gasteiger partial charge >= 0.3 is 0 Å². The molecule has 0 amide bonds. The molecule has 0 aliphatic heterocycles. The van der Waals surface area contributed by atoms with E-state index in [4.69, 9.17) is 5.73 Å². The Bertz CT molecular complexity index is 346. The van der Waals surface area contributed by atoms with Gasteiger partial charge in [-0.25, -0.2) is 0 Å². The van der Waals surface area contributed by atoms with Crippen molar-refractivity contribution in [3.05, 3.63) is 34.9 Å². The van der Waals surface area contributed by atoms with Crippen LogP contribution in [0.15, 0.2) is 18.2 Å². The molecule has 76 valence electrons. The fraction of sp³-hybridized carbons (Fsp3) is 0.500. The number of benzene rings is 1. The lowest BCUT2D eigenvalue weighted by molar-refractivity contribution is 0.158. The Hall–Kier alpha value is -0.860. The summed E-state index contributed by atoms with van der Waals surface area (Å²) < 4.78 is 0. The van der Waals surface area contributed by atoms with Gasteiger partial charge in [-0.1, -0.05) is 32.0 Å². The summed E-state index contributed by atoms with van der Waals surface area (Å²) in [4.78, 5) is 0. The van der Waals surface area contributed by atoms with E-state index in [2.05, 4.69) is 32.0 Å². The average molecular weight is 191 g/mol. The van der Waals surface area contributed by atoms with E-state index in [1.165, 1.54) is 16.7 Å². The van der Waals surface area contributed by atoms with Gasteiger partial charge < -0.3 is 10.8 Å². The van der Waals surface area contributed by atoms with Gasteiger partial charge in [-0.15, -0.1) is 0 Å². The van der Waals surface area contributed by atoms with Gasteiger partial charge in [-0.05, 0) is 22.6 Å². The molecule has 3 N–H and O–H groups in total. The second kappa shape index (κ2) is 3.37. The van der Waals surface area contributed by atoms with E-state index in [1.54, 1.807) is 0 Å². The molecule has 1 aliphatic rings. The van der Waals surface area contributed by atoms with Gasteiger partial charge in [0.05, 0.1) is 12.1 Å². The fourth-order valence-electron chi connectivity index (χ4n) is 2.27. The van der Waals surface area contributed by atoms with Crippen LogP contribution < -0.4 is 5.73 Å². The predicted molar refractivity (Wildman–Crippen MR) is 57.2 cm³/mol.